The summed E-state index contributed by atoms with van der Waals surface area (Å²) in [6.45, 7) is 3.90. The molecule has 0 aliphatic heterocycles. The Hall–Kier alpha value is -2.43. The van der Waals surface area contributed by atoms with Crippen molar-refractivity contribution in [3.63, 3.8) is 0 Å². The van der Waals surface area contributed by atoms with Crippen molar-refractivity contribution in [2.24, 2.45) is 0 Å². The monoisotopic (exact) mass is 385 g/mol. The Labute approximate surface area is 165 Å². The molecule has 1 aromatic heterocycles. The lowest BCUT2D eigenvalue weighted by Gasteiger charge is -2.26. The quantitative estimate of drug-likeness (QED) is 0.629. The molecular weight excluding hydrogens is 357 g/mol. The first-order valence-electron chi connectivity index (χ1n) is 10.0. The highest BCUT2D eigenvalue weighted by molar-refractivity contribution is 5.69. The SMILES string of the molecule is CC(C)(CCCC(=O)O)c1ccc(-c2cccnc2OC2CCCC2)cc1F. The lowest BCUT2D eigenvalue weighted by molar-refractivity contribution is -0.137. The van der Waals surface area contributed by atoms with E-state index in [0.717, 1.165) is 24.0 Å². The van der Waals surface area contributed by atoms with Gasteiger partial charge in [0.2, 0.25) is 5.88 Å². The molecule has 1 aromatic carbocycles. The number of rotatable bonds is 8. The first-order valence-corrected chi connectivity index (χ1v) is 10.0. The molecule has 0 saturated heterocycles. The Morgan fingerprint density at radius 1 is 1.29 bits per heavy atom. The first kappa shape index (κ1) is 20.3. The van der Waals surface area contributed by atoms with Crippen LogP contribution in [0.25, 0.3) is 11.1 Å². The highest BCUT2D eigenvalue weighted by atomic mass is 19.1. The largest absolute Gasteiger partial charge is 0.481 e. The van der Waals surface area contributed by atoms with Gasteiger partial charge in [-0.15, -0.1) is 0 Å². The number of pyridine rings is 1. The topological polar surface area (TPSA) is 59.4 Å². The molecule has 1 saturated carbocycles. The highest BCUT2D eigenvalue weighted by Gasteiger charge is 2.25. The van der Waals surface area contributed by atoms with Gasteiger partial charge in [0.25, 0.3) is 0 Å². The van der Waals surface area contributed by atoms with Gasteiger partial charge in [-0.25, -0.2) is 9.37 Å². The maximum atomic E-state index is 15.0. The van der Waals surface area contributed by atoms with Crippen molar-refractivity contribution in [2.75, 3.05) is 0 Å². The molecule has 0 unspecified atom stereocenters. The average molecular weight is 385 g/mol. The van der Waals surface area contributed by atoms with Crippen molar-refractivity contribution >= 4 is 5.97 Å². The molecule has 0 atom stereocenters. The molecule has 28 heavy (non-hydrogen) atoms. The molecule has 0 radical (unpaired) electrons. The van der Waals surface area contributed by atoms with E-state index in [1.165, 1.54) is 18.9 Å². The van der Waals surface area contributed by atoms with Crippen LogP contribution in [0.3, 0.4) is 0 Å². The summed E-state index contributed by atoms with van der Waals surface area (Å²) in [5.41, 5.74) is 1.70. The average Bonchev–Trinajstić information content (AvgIpc) is 3.14. The summed E-state index contributed by atoms with van der Waals surface area (Å²) in [7, 11) is 0. The molecule has 2 aromatic rings. The first-order chi connectivity index (χ1) is 13.4. The van der Waals surface area contributed by atoms with E-state index in [-0.39, 0.29) is 18.3 Å². The smallest absolute Gasteiger partial charge is 0.303 e. The summed E-state index contributed by atoms with van der Waals surface area (Å²) < 4.78 is 21.1. The van der Waals surface area contributed by atoms with Crippen LogP contribution < -0.4 is 4.74 Å². The molecule has 150 valence electrons. The number of hydrogen-bond acceptors (Lipinski definition) is 3. The maximum absolute atomic E-state index is 15.0. The van der Waals surface area contributed by atoms with E-state index in [4.69, 9.17) is 9.84 Å². The Bertz CT molecular complexity index is 828. The van der Waals surface area contributed by atoms with E-state index < -0.39 is 11.4 Å². The minimum absolute atomic E-state index is 0.0979. The van der Waals surface area contributed by atoms with Gasteiger partial charge in [0, 0.05) is 18.2 Å². The second-order valence-corrected chi connectivity index (χ2v) is 8.21. The predicted molar refractivity (Wildman–Crippen MR) is 107 cm³/mol. The van der Waals surface area contributed by atoms with Crippen molar-refractivity contribution < 1.29 is 19.0 Å². The standard InChI is InChI=1S/C23H28FNO3/c1-23(2,13-5-10-21(26)27)19-12-11-16(15-20(19)24)18-9-6-14-25-22(18)28-17-7-3-4-8-17/h6,9,11-12,14-15,17H,3-5,7-8,10,13H2,1-2H3,(H,26,27). The van der Waals surface area contributed by atoms with E-state index in [0.29, 0.717) is 24.3 Å². The third-order valence-corrected chi connectivity index (χ3v) is 5.55. The van der Waals surface area contributed by atoms with Crippen LogP contribution in [0, 0.1) is 5.82 Å². The predicted octanol–water partition coefficient (Wildman–Crippen LogP) is 5.74. The highest BCUT2D eigenvalue weighted by Crippen LogP contribution is 2.36. The van der Waals surface area contributed by atoms with Gasteiger partial charge in [-0.3, -0.25) is 4.79 Å². The van der Waals surface area contributed by atoms with Crippen molar-refractivity contribution in [1.82, 2.24) is 4.98 Å². The van der Waals surface area contributed by atoms with Crippen LogP contribution in [0.4, 0.5) is 4.39 Å². The number of halogens is 1. The van der Waals surface area contributed by atoms with Gasteiger partial charge in [0.05, 0.1) is 0 Å². The maximum Gasteiger partial charge on any atom is 0.303 e. The molecule has 0 amide bonds. The number of aromatic nitrogens is 1. The molecule has 3 rings (SSSR count). The van der Waals surface area contributed by atoms with Crippen LogP contribution >= 0.6 is 0 Å². The summed E-state index contributed by atoms with van der Waals surface area (Å²) in [6.07, 6.45) is 7.53. The molecular formula is C23H28FNO3. The minimum Gasteiger partial charge on any atom is -0.481 e. The van der Waals surface area contributed by atoms with E-state index in [1.807, 2.05) is 32.0 Å². The van der Waals surface area contributed by atoms with Crippen LogP contribution in [0.2, 0.25) is 0 Å². The van der Waals surface area contributed by atoms with Gasteiger partial charge < -0.3 is 9.84 Å². The Morgan fingerprint density at radius 3 is 2.71 bits per heavy atom. The molecule has 4 nitrogen and oxygen atoms in total. The van der Waals surface area contributed by atoms with E-state index in [1.54, 1.807) is 12.3 Å². The van der Waals surface area contributed by atoms with Gasteiger partial charge >= 0.3 is 5.97 Å². The number of hydrogen-bond donors (Lipinski definition) is 1. The fraction of sp³-hybridized carbons (Fsp3) is 0.478. The molecule has 0 bridgehead atoms. The Morgan fingerprint density at radius 2 is 2.04 bits per heavy atom. The molecule has 1 fully saturated rings. The number of carbonyl (C=O) groups is 1. The van der Waals surface area contributed by atoms with Gasteiger partial charge in [-0.05, 0) is 73.3 Å². The van der Waals surface area contributed by atoms with E-state index in [2.05, 4.69) is 4.98 Å². The minimum atomic E-state index is -0.821. The van der Waals surface area contributed by atoms with E-state index >= 15 is 0 Å². The van der Waals surface area contributed by atoms with Crippen molar-refractivity contribution in [3.05, 3.63) is 47.9 Å². The number of benzene rings is 1. The third kappa shape index (κ3) is 4.89. The van der Waals surface area contributed by atoms with Crippen LogP contribution in [0.5, 0.6) is 5.88 Å². The number of carboxylic acids is 1. The molecule has 0 spiro atoms. The van der Waals surface area contributed by atoms with Crippen LogP contribution in [0.1, 0.15) is 64.4 Å². The Balaban J connectivity index is 1.81. The molecule has 5 heteroatoms. The zero-order chi connectivity index (χ0) is 20.1. The van der Waals surface area contributed by atoms with Crippen LogP contribution in [0.15, 0.2) is 36.5 Å². The number of nitrogens with zero attached hydrogens (tertiary/aromatic N) is 1. The van der Waals surface area contributed by atoms with Crippen LogP contribution in [-0.4, -0.2) is 22.2 Å². The fourth-order valence-corrected chi connectivity index (χ4v) is 3.92. The fourth-order valence-electron chi connectivity index (χ4n) is 3.92. The zero-order valence-corrected chi connectivity index (χ0v) is 16.6. The van der Waals surface area contributed by atoms with Gasteiger partial charge in [0.15, 0.2) is 0 Å². The van der Waals surface area contributed by atoms with Crippen LogP contribution in [-0.2, 0) is 10.2 Å². The lowest BCUT2D eigenvalue weighted by atomic mass is 9.79. The summed E-state index contributed by atoms with van der Waals surface area (Å²) in [6, 6.07) is 8.97. The number of aliphatic carboxylic acids is 1. The summed E-state index contributed by atoms with van der Waals surface area (Å²) in [5, 5.41) is 8.83. The summed E-state index contributed by atoms with van der Waals surface area (Å²) in [4.78, 5) is 15.1. The molecule has 1 aliphatic carbocycles. The number of ether oxygens (including phenoxy) is 1. The second-order valence-electron chi connectivity index (χ2n) is 8.21. The molecule has 1 heterocycles. The van der Waals surface area contributed by atoms with Gasteiger partial charge in [0.1, 0.15) is 11.9 Å². The molecule has 1 aliphatic rings. The summed E-state index contributed by atoms with van der Waals surface area (Å²) >= 11 is 0. The van der Waals surface area contributed by atoms with Gasteiger partial charge in [-0.2, -0.15) is 0 Å². The van der Waals surface area contributed by atoms with Crippen molar-refractivity contribution in [2.45, 2.75) is 70.3 Å². The van der Waals surface area contributed by atoms with Crippen molar-refractivity contribution in [3.8, 4) is 17.0 Å². The Kier molecular flexibility index (Phi) is 6.32. The lowest BCUT2D eigenvalue weighted by Crippen LogP contribution is -2.19. The zero-order valence-electron chi connectivity index (χ0n) is 16.6. The molecule has 1 N–H and O–H groups in total. The second kappa shape index (κ2) is 8.72. The normalized spacial score (nSPS) is 15.0. The third-order valence-electron chi connectivity index (χ3n) is 5.55. The van der Waals surface area contributed by atoms with Crippen molar-refractivity contribution in [1.29, 1.82) is 0 Å². The van der Waals surface area contributed by atoms with E-state index in [9.17, 15) is 9.18 Å². The van der Waals surface area contributed by atoms with Gasteiger partial charge in [-0.1, -0.05) is 26.0 Å². The number of carboxylic acid groups (broad SMARTS) is 1. The summed E-state index contributed by atoms with van der Waals surface area (Å²) in [5.74, 6) is -0.547.